The molecular weight excluding hydrogens is 903 g/mol. The molecule has 1 unspecified atom stereocenters. The lowest BCUT2D eigenvalue weighted by atomic mass is 10.0. The zero-order chi connectivity index (χ0) is 52.6. The summed E-state index contributed by atoms with van der Waals surface area (Å²) < 4.78 is 28.1. The van der Waals surface area contributed by atoms with Crippen molar-refractivity contribution in [3.8, 4) is 0 Å². The molecule has 0 aliphatic carbocycles. The highest BCUT2D eigenvalue weighted by Gasteiger charge is 2.22. The van der Waals surface area contributed by atoms with Crippen LogP contribution in [-0.4, -0.2) is 81.1 Å². The van der Waals surface area contributed by atoms with Gasteiger partial charge in [0.05, 0.1) is 6.61 Å². The van der Waals surface area contributed by atoms with Crippen LogP contribution in [0.15, 0.2) is 48.6 Å². The number of rotatable bonds is 53. The molecule has 0 N–H and O–H groups in total. The second kappa shape index (κ2) is 55.4. The number of hydrogen-bond donors (Lipinski definition) is 0. The van der Waals surface area contributed by atoms with Gasteiger partial charge in [0.15, 0.2) is 6.10 Å². The van der Waals surface area contributed by atoms with E-state index in [-0.39, 0.29) is 57.4 Å². The number of nitrogens with zero attached hydrogens (tertiary/aromatic N) is 1. The van der Waals surface area contributed by atoms with Crippen LogP contribution in [0.5, 0.6) is 0 Å². The summed E-state index contributed by atoms with van der Waals surface area (Å²) in [5.41, 5.74) is 0. The van der Waals surface area contributed by atoms with E-state index in [2.05, 4.69) is 81.2 Å². The molecule has 0 spiro atoms. The van der Waals surface area contributed by atoms with Gasteiger partial charge in [-0.05, 0) is 116 Å². The van der Waals surface area contributed by atoms with Gasteiger partial charge in [0.25, 0.3) is 0 Å². The Bertz CT molecular complexity index is 1300. The van der Waals surface area contributed by atoms with Crippen LogP contribution in [0.2, 0.25) is 0 Å². The molecule has 10 heteroatoms. The van der Waals surface area contributed by atoms with Crippen molar-refractivity contribution in [2.45, 2.75) is 284 Å². The standard InChI is InChI=1S/C62H111NO9/c1-6-10-13-16-19-22-25-27-29-31-33-36-39-42-45-49-59(64)69-55-58(56-70-60(65)50-46-43-40-37-34-32-30-28-26-23-20-17-14-11-7-2)71-61(66)52-51-57(72-62(67)68-54-47-53-63(5)9-4)48-44-41-38-35-24-21-18-15-12-8-3/h19-20,22-23,27-30,57-58H,6-18,21,24-26,31-56H2,1-5H3/b22-19-,23-20-,29-27-,30-28-. The molecule has 10 nitrogen and oxygen atoms in total. The first kappa shape index (κ1) is 68.6. The Morgan fingerprint density at radius 2 is 0.792 bits per heavy atom. The zero-order valence-corrected chi connectivity index (χ0v) is 47.3. The summed E-state index contributed by atoms with van der Waals surface area (Å²) in [6.45, 7) is 10.4. The summed E-state index contributed by atoms with van der Waals surface area (Å²) in [5, 5.41) is 0. The summed E-state index contributed by atoms with van der Waals surface area (Å²) in [6.07, 6.45) is 54.2. The molecular formula is C62H111NO9. The van der Waals surface area contributed by atoms with Gasteiger partial charge >= 0.3 is 24.1 Å². The molecule has 0 bridgehead atoms. The van der Waals surface area contributed by atoms with E-state index in [0.29, 0.717) is 12.8 Å². The molecule has 0 aromatic rings. The maximum atomic E-state index is 13.3. The third kappa shape index (κ3) is 51.5. The molecule has 0 saturated carbocycles. The van der Waals surface area contributed by atoms with Crippen molar-refractivity contribution in [3.05, 3.63) is 48.6 Å². The predicted molar refractivity (Wildman–Crippen MR) is 300 cm³/mol. The van der Waals surface area contributed by atoms with E-state index < -0.39 is 24.3 Å². The third-order valence-electron chi connectivity index (χ3n) is 13.1. The Kier molecular flexibility index (Phi) is 52.7. The van der Waals surface area contributed by atoms with E-state index in [9.17, 15) is 19.2 Å². The monoisotopic (exact) mass is 1010 g/mol. The molecule has 0 fully saturated rings. The highest BCUT2D eigenvalue weighted by Crippen LogP contribution is 2.18. The van der Waals surface area contributed by atoms with Crippen molar-refractivity contribution in [2.24, 2.45) is 0 Å². The average molecular weight is 1010 g/mol. The van der Waals surface area contributed by atoms with Gasteiger partial charge in [-0.3, -0.25) is 14.4 Å². The van der Waals surface area contributed by atoms with E-state index in [1.165, 1.54) is 96.3 Å². The van der Waals surface area contributed by atoms with Crippen molar-refractivity contribution in [2.75, 3.05) is 40.0 Å². The van der Waals surface area contributed by atoms with Gasteiger partial charge in [0.2, 0.25) is 0 Å². The second-order valence-electron chi connectivity index (χ2n) is 20.0. The highest BCUT2D eigenvalue weighted by molar-refractivity contribution is 5.71. The number of carbonyl (C=O) groups excluding carboxylic acids is 4. The van der Waals surface area contributed by atoms with E-state index in [0.717, 1.165) is 122 Å². The quantitative estimate of drug-likeness (QED) is 0.0252. The molecule has 0 aliphatic heterocycles. The van der Waals surface area contributed by atoms with Crippen LogP contribution in [0.3, 0.4) is 0 Å². The third-order valence-corrected chi connectivity index (χ3v) is 13.1. The van der Waals surface area contributed by atoms with Crippen LogP contribution in [0, 0.1) is 0 Å². The largest absolute Gasteiger partial charge is 0.508 e. The Morgan fingerprint density at radius 1 is 0.389 bits per heavy atom. The summed E-state index contributed by atoms with van der Waals surface area (Å²) in [4.78, 5) is 53.9. The Morgan fingerprint density at radius 3 is 1.25 bits per heavy atom. The first-order chi connectivity index (χ1) is 35.2. The fourth-order valence-electron chi connectivity index (χ4n) is 8.26. The maximum Gasteiger partial charge on any atom is 0.508 e. The lowest BCUT2D eigenvalue weighted by Gasteiger charge is -2.20. The highest BCUT2D eigenvalue weighted by atomic mass is 16.7. The van der Waals surface area contributed by atoms with Gasteiger partial charge in [0.1, 0.15) is 19.3 Å². The number of carbonyl (C=O) groups is 4. The molecule has 0 radical (unpaired) electrons. The minimum atomic E-state index is -0.938. The van der Waals surface area contributed by atoms with Crippen molar-refractivity contribution in [3.63, 3.8) is 0 Å². The maximum absolute atomic E-state index is 13.3. The van der Waals surface area contributed by atoms with Gasteiger partial charge < -0.3 is 28.6 Å². The fourth-order valence-corrected chi connectivity index (χ4v) is 8.26. The van der Waals surface area contributed by atoms with Crippen LogP contribution in [0.25, 0.3) is 0 Å². The number of unbranched alkanes of at least 4 members (excludes halogenated alkanes) is 25. The minimum absolute atomic E-state index is 0.00662. The summed E-state index contributed by atoms with van der Waals surface area (Å²) >= 11 is 0. The number of hydrogen-bond acceptors (Lipinski definition) is 10. The van der Waals surface area contributed by atoms with Gasteiger partial charge in [-0.1, -0.05) is 198 Å². The molecule has 1 atom stereocenters. The summed E-state index contributed by atoms with van der Waals surface area (Å²) in [6, 6.07) is 0. The van der Waals surface area contributed by atoms with Gasteiger partial charge in [-0.25, -0.2) is 4.79 Å². The lowest BCUT2D eigenvalue weighted by molar-refractivity contribution is -0.167. The van der Waals surface area contributed by atoms with Crippen molar-refractivity contribution >= 4 is 24.1 Å². The van der Waals surface area contributed by atoms with Crippen LogP contribution in [-0.2, 0) is 38.1 Å². The van der Waals surface area contributed by atoms with Gasteiger partial charge in [0, 0.05) is 25.8 Å². The van der Waals surface area contributed by atoms with E-state index >= 15 is 0 Å². The Balaban J connectivity index is 5.11. The normalized spacial score (nSPS) is 12.3. The minimum Gasteiger partial charge on any atom is -0.462 e. The molecule has 0 saturated heterocycles. The van der Waals surface area contributed by atoms with E-state index in [1.54, 1.807) is 0 Å². The van der Waals surface area contributed by atoms with Crippen molar-refractivity contribution in [1.82, 2.24) is 4.90 Å². The molecule has 72 heavy (non-hydrogen) atoms. The topological polar surface area (TPSA) is 118 Å². The fraction of sp³-hybridized carbons (Fsp3) is 0.806. The molecule has 0 aromatic heterocycles. The first-order valence-corrected chi connectivity index (χ1v) is 29.9. The molecule has 0 heterocycles. The number of ether oxygens (including phenoxy) is 5. The van der Waals surface area contributed by atoms with Gasteiger partial charge in [-0.15, -0.1) is 0 Å². The van der Waals surface area contributed by atoms with Crippen molar-refractivity contribution < 1.29 is 42.9 Å². The smallest absolute Gasteiger partial charge is 0.462 e. The summed E-state index contributed by atoms with van der Waals surface area (Å²) in [5.74, 6) is -1.24. The average Bonchev–Trinajstić information content (AvgIpc) is 3.37. The molecule has 0 amide bonds. The van der Waals surface area contributed by atoms with E-state index in [1.807, 2.05) is 7.05 Å². The van der Waals surface area contributed by atoms with Crippen LogP contribution in [0.4, 0.5) is 4.79 Å². The second-order valence-corrected chi connectivity index (χ2v) is 20.0. The lowest BCUT2D eigenvalue weighted by Crippen LogP contribution is -2.31. The number of esters is 3. The molecule has 0 rings (SSSR count). The zero-order valence-electron chi connectivity index (χ0n) is 47.3. The SMILES string of the molecule is CCCCC/C=C\C/C=C\CCCCCCCC(=O)OCC(COC(=O)CCCCCCC/C=C\C/C=C\CCCCC)OC(=O)CCC(CCCCCCCCCCCC)OC(=O)OCCCN(C)CC. The van der Waals surface area contributed by atoms with Crippen molar-refractivity contribution in [1.29, 1.82) is 0 Å². The Hall–Kier alpha value is -3.40. The Labute approximate surface area is 442 Å². The van der Waals surface area contributed by atoms with Crippen LogP contribution < -0.4 is 0 Å². The number of allylic oxidation sites excluding steroid dienone is 8. The molecule has 418 valence electrons. The molecule has 0 aliphatic rings. The van der Waals surface area contributed by atoms with Crippen LogP contribution >= 0.6 is 0 Å². The molecule has 0 aromatic carbocycles. The summed E-state index contributed by atoms with van der Waals surface area (Å²) in [7, 11) is 2.02. The predicted octanol–water partition coefficient (Wildman–Crippen LogP) is 17.6. The van der Waals surface area contributed by atoms with Crippen LogP contribution in [0.1, 0.15) is 272 Å². The first-order valence-electron chi connectivity index (χ1n) is 29.9. The van der Waals surface area contributed by atoms with Gasteiger partial charge in [-0.2, -0.15) is 0 Å². The van der Waals surface area contributed by atoms with E-state index in [4.69, 9.17) is 23.7 Å².